The smallest absolute Gasteiger partial charge is 0.262 e. The van der Waals surface area contributed by atoms with E-state index in [1.165, 1.54) is 6.07 Å². The minimum Gasteiger partial charge on any atom is -0.280 e. The Morgan fingerprint density at radius 3 is 2.32 bits per heavy atom. The van der Waals surface area contributed by atoms with E-state index < -0.39 is 10.0 Å². The van der Waals surface area contributed by atoms with Gasteiger partial charge in [-0.2, -0.15) is 0 Å². The number of aryl methyl sites for hydroxylation is 1. The van der Waals surface area contributed by atoms with Crippen molar-refractivity contribution in [2.45, 2.75) is 11.8 Å². The van der Waals surface area contributed by atoms with Crippen LogP contribution in [-0.4, -0.2) is 8.42 Å². The normalized spacial score (nSPS) is 11.3. The minimum absolute atomic E-state index is 0.237. The maximum Gasteiger partial charge on any atom is 0.262 e. The molecule has 2 aromatic rings. The van der Waals surface area contributed by atoms with E-state index in [1.54, 1.807) is 43.3 Å². The summed E-state index contributed by atoms with van der Waals surface area (Å²) in [6.45, 7) is 1.74. The van der Waals surface area contributed by atoms with E-state index in [9.17, 15) is 8.42 Å². The fourth-order valence-electron chi connectivity index (χ4n) is 1.63. The molecule has 19 heavy (non-hydrogen) atoms. The van der Waals surface area contributed by atoms with Crippen molar-refractivity contribution in [2.24, 2.45) is 0 Å². The molecule has 0 bridgehead atoms. The van der Waals surface area contributed by atoms with Crippen LogP contribution in [0.3, 0.4) is 0 Å². The van der Waals surface area contributed by atoms with Crippen molar-refractivity contribution in [1.82, 2.24) is 0 Å². The molecule has 0 heterocycles. The number of hydrogen-bond donors (Lipinski definition) is 1. The zero-order valence-electron chi connectivity index (χ0n) is 10.0. The lowest BCUT2D eigenvalue weighted by molar-refractivity contribution is 0.600. The lowest BCUT2D eigenvalue weighted by atomic mass is 10.2. The van der Waals surface area contributed by atoms with Crippen molar-refractivity contribution in [3.8, 4) is 0 Å². The van der Waals surface area contributed by atoms with Gasteiger partial charge in [-0.3, -0.25) is 4.72 Å². The molecular weight excluding hydrogens is 305 g/mol. The maximum atomic E-state index is 12.2. The molecular formula is C13H11Cl2NO2S. The van der Waals surface area contributed by atoms with Gasteiger partial charge in [0.2, 0.25) is 0 Å². The molecule has 1 N–H and O–H groups in total. The fourth-order valence-corrected chi connectivity index (χ4v) is 3.22. The molecule has 100 valence electrons. The van der Waals surface area contributed by atoms with Crippen molar-refractivity contribution >= 4 is 38.9 Å². The van der Waals surface area contributed by atoms with Crippen LogP contribution in [0.2, 0.25) is 10.0 Å². The Labute approximate surface area is 122 Å². The van der Waals surface area contributed by atoms with E-state index in [-0.39, 0.29) is 4.90 Å². The number of sulfonamides is 1. The summed E-state index contributed by atoms with van der Waals surface area (Å²) in [5.41, 5.74) is 1.05. The third-order valence-corrected chi connectivity index (χ3v) is 4.84. The van der Waals surface area contributed by atoms with E-state index in [1.807, 2.05) is 0 Å². The van der Waals surface area contributed by atoms with Gasteiger partial charge in [-0.05, 0) is 36.8 Å². The van der Waals surface area contributed by atoms with Crippen molar-refractivity contribution in [1.29, 1.82) is 0 Å². The molecule has 0 aliphatic heterocycles. The molecule has 2 aromatic carbocycles. The molecule has 0 aromatic heterocycles. The third-order valence-electron chi connectivity index (χ3n) is 2.55. The summed E-state index contributed by atoms with van der Waals surface area (Å²) in [5, 5.41) is 0.673. The Morgan fingerprint density at radius 1 is 1.00 bits per heavy atom. The van der Waals surface area contributed by atoms with E-state index >= 15 is 0 Å². The second-order valence-electron chi connectivity index (χ2n) is 4.00. The highest BCUT2D eigenvalue weighted by molar-refractivity contribution is 7.92. The Balaban J connectivity index is 2.37. The van der Waals surface area contributed by atoms with Crippen molar-refractivity contribution < 1.29 is 8.42 Å². The molecule has 0 aliphatic carbocycles. The number of halogens is 2. The summed E-state index contributed by atoms with van der Waals surface area (Å²) < 4.78 is 26.9. The first-order chi connectivity index (χ1) is 8.90. The van der Waals surface area contributed by atoms with Gasteiger partial charge < -0.3 is 0 Å². The highest BCUT2D eigenvalue weighted by Crippen LogP contribution is 2.26. The average molecular weight is 316 g/mol. The predicted octanol–water partition coefficient (Wildman–Crippen LogP) is 4.10. The van der Waals surface area contributed by atoms with Crippen molar-refractivity contribution in [2.75, 3.05) is 4.72 Å². The second-order valence-corrected chi connectivity index (χ2v) is 6.47. The van der Waals surface area contributed by atoms with E-state index in [2.05, 4.69) is 4.72 Å². The third kappa shape index (κ3) is 3.21. The van der Waals surface area contributed by atoms with Crippen LogP contribution in [-0.2, 0) is 10.0 Å². The SMILES string of the molecule is Cc1ccccc1S(=O)(=O)Nc1ccc(Cl)c(Cl)c1. The van der Waals surface area contributed by atoms with Crippen LogP contribution in [0.5, 0.6) is 0 Å². The monoisotopic (exact) mass is 315 g/mol. The first-order valence-electron chi connectivity index (χ1n) is 5.43. The Bertz CT molecular complexity index is 714. The van der Waals surface area contributed by atoms with Gasteiger partial charge in [0, 0.05) is 0 Å². The second kappa shape index (κ2) is 5.41. The molecule has 0 fully saturated rings. The molecule has 0 amide bonds. The quantitative estimate of drug-likeness (QED) is 0.926. The van der Waals surface area contributed by atoms with Crippen LogP contribution in [0.4, 0.5) is 5.69 Å². The largest absolute Gasteiger partial charge is 0.280 e. The number of anilines is 1. The molecule has 3 nitrogen and oxygen atoms in total. The standard InChI is InChI=1S/C13H11Cl2NO2S/c1-9-4-2-3-5-13(9)19(17,18)16-10-6-7-11(14)12(15)8-10/h2-8,16H,1H3. The van der Waals surface area contributed by atoms with Crippen LogP contribution in [0.25, 0.3) is 0 Å². The number of benzene rings is 2. The number of hydrogen-bond acceptors (Lipinski definition) is 2. The highest BCUT2D eigenvalue weighted by atomic mass is 35.5. The van der Waals surface area contributed by atoms with E-state index in [0.29, 0.717) is 21.3 Å². The van der Waals surface area contributed by atoms with Gasteiger partial charge in [0.25, 0.3) is 10.0 Å². The summed E-state index contributed by atoms with van der Waals surface area (Å²) in [5.74, 6) is 0. The van der Waals surface area contributed by atoms with Gasteiger partial charge in [-0.15, -0.1) is 0 Å². The summed E-state index contributed by atoms with van der Waals surface area (Å²) >= 11 is 11.6. The topological polar surface area (TPSA) is 46.2 Å². The number of rotatable bonds is 3. The molecule has 0 saturated heterocycles. The Hall–Kier alpha value is -1.23. The zero-order chi connectivity index (χ0) is 14.0. The van der Waals surface area contributed by atoms with Crippen LogP contribution < -0.4 is 4.72 Å². The lowest BCUT2D eigenvalue weighted by Crippen LogP contribution is -2.14. The van der Waals surface area contributed by atoms with Crippen LogP contribution in [0.1, 0.15) is 5.56 Å². The minimum atomic E-state index is -3.63. The molecule has 0 spiro atoms. The van der Waals surface area contributed by atoms with Crippen molar-refractivity contribution in [3.05, 3.63) is 58.1 Å². The maximum absolute atomic E-state index is 12.2. The molecule has 0 saturated carbocycles. The first kappa shape index (κ1) is 14.2. The first-order valence-corrected chi connectivity index (χ1v) is 7.67. The van der Waals surface area contributed by atoms with Gasteiger partial charge in [0.05, 0.1) is 20.6 Å². The Morgan fingerprint density at radius 2 is 1.68 bits per heavy atom. The van der Waals surface area contributed by atoms with Gasteiger partial charge >= 0.3 is 0 Å². The molecule has 6 heteroatoms. The molecule has 2 rings (SSSR count). The number of nitrogens with one attached hydrogen (secondary N) is 1. The van der Waals surface area contributed by atoms with Crippen LogP contribution in [0, 0.1) is 6.92 Å². The zero-order valence-corrected chi connectivity index (χ0v) is 12.4. The molecule has 0 atom stereocenters. The van der Waals surface area contributed by atoms with Gasteiger partial charge in [-0.1, -0.05) is 41.4 Å². The highest BCUT2D eigenvalue weighted by Gasteiger charge is 2.16. The average Bonchev–Trinajstić information content (AvgIpc) is 2.34. The fraction of sp³-hybridized carbons (Fsp3) is 0.0769. The molecule has 0 aliphatic rings. The van der Waals surface area contributed by atoms with Gasteiger partial charge in [0.1, 0.15) is 0 Å². The predicted molar refractivity (Wildman–Crippen MR) is 78.4 cm³/mol. The summed E-state index contributed by atoms with van der Waals surface area (Å²) in [4.78, 5) is 0.237. The van der Waals surface area contributed by atoms with Crippen molar-refractivity contribution in [3.63, 3.8) is 0 Å². The van der Waals surface area contributed by atoms with E-state index in [4.69, 9.17) is 23.2 Å². The van der Waals surface area contributed by atoms with Gasteiger partial charge in [-0.25, -0.2) is 8.42 Å². The van der Waals surface area contributed by atoms with E-state index in [0.717, 1.165) is 0 Å². The summed E-state index contributed by atoms with van der Waals surface area (Å²) in [6.07, 6.45) is 0. The molecule has 0 unspecified atom stereocenters. The lowest BCUT2D eigenvalue weighted by Gasteiger charge is -2.10. The Kier molecular flexibility index (Phi) is 4.04. The molecule has 0 radical (unpaired) electrons. The van der Waals surface area contributed by atoms with Crippen LogP contribution in [0.15, 0.2) is 47.4 Å². The summed E-state index contributed by atoms with van der Waals surface area (Å²) in [7, 11) is -3.63. The van der Waals surface area contributed by atoms with Gasteiger partial charge in [0.15, 0.2) is 0 Å². The van der Waals surface area contributed by atoms with Crippen LogP contribution >= 0.6 is 23.2 Å². The summed E-state index contributed by atoms with van der Waals surface area (Å²) in [6, 6.07) is 11.3.